The highest BCUT2D eigenvalue weighted by molar-refractivity contribution is 5.76. The van der Waals surface area contributed by atoms with Gasteiger partial charge in [0.2, 0.25) is 5.91 Å². The van der Waals surface area contributed by atoms with E-state index in [9.17, 15) is 9.90 Å². The van der Waals surface area contributed by atoms with Crippen molar-refractivity contribution in [3.8, 4) is 17.0 Å². The second-order valence-electron chi connectivity index (χ2n) is 8.21. The minimum atomic E-state index is 0.0242. The molecule has 1 N–H and O–H groups in total. The van der Waals surface area contributed by atoms with E-state index < -0.39 is 0 Å². The number of methoxy groups -OCH3 is 1. The quantitative estimate of drug-likeness (QED) is 0.612. The number of likely N-dealkylation sites (tertiary alicyclic amines) is 1. The monoisotopic (exact) mass is 431 g/mol. The van der Waals surface area contributed by atoms with Crippen LogP contribution in [-0.2, 0) is 17.8 Å². The molecule has 0 radical (unpaired) electrons. The molecule has 1 aliphatic rings. The molecule has 0 aliphatic carbocycles. The molecule has 0 bridgehead atoms. The summed E-state index contributed by atoms with van der Waals surface area (Å²) in [6, 6.07) is 15.6. The number of aryl methyl sites for hydroxylation is 1. The van der Waals surface area contributed by atoms with Gasteiger partial charge in [-0.3, -0.25) is 9.78 Å². The molecule has 6 heteroatoms. The third-order valence-corrected chi connectivity index (χ3v) is 6.06. The molecule has 1 atom stereocenters. The third-order valence-electron chi connectivity index (χ3n) is 6.06. The Bertz CT molecular complexity index is 1030. The summed E-state index contributed by atoms with van der Waals surface area (Å²) in [5, 5.41) is 9.24. The van der Waals surface area contributed by atoms with Gasteiger partial charge in [-0.05, 0) is 42.5 Å². The maximum atomic E-state index is 12.9. The van der Waals surface area contributed by atoms with Crippen LogP contribution in [0.2, 0.25) is 0 Å². The van der Waals surface area contributed by atoms with Crippen molar-refractivity contribution < 1.29 is 14.6 Å². The van der Waals surface area contributed by atoms with Crippen molar-refractivity contribution in [2.24, 2.45) is 0 Å². The molecule has 4 rings (SSSR count). The summed E-state index contributed by atoms with van der Waals surface area (Å²) in [6.07, 6.45) is 6.78. The van der Waals surface area contributed by atoms with E-state index in [1.807, 2.05) is 59.6 Å². The Morgan fingerprint density at radius 3 is 2.56 bits per heavy atom. The van der Waals surface area contributed by atoms with Gasteiger partial charge in [-0.1, -0.05) is 36.4 Å². The molecule has 3 aromatic rings. The first kappa shape index (κ1) is 22.0. The van der Waals surface area contributed by atoms with Crippen LogP contribution in [0.4, 0.5) is 0 Å². The fourth-order valence-electron chi connectivity index (χ4n) is 4.14. The summed E-state index contributed by atoms with van der Waals surface area (Å²) in [6.45, 7) is 1.51. The summed E-state index contributed by atoms with van der Waals surface area (Å²) >= 11 is 0. The molecule has 32 heavy (non-hydrogen) atoms. The zero-order valence-electron chi connectivity index (χ0n) is 18.4. The smallest absolute Gasteiger partial charge is 0.222 e. The fourth-order valence-corrected chi connectivity index (χ4v) is 4.14. The van der Waals surface area contributed by atoms with Gasteiger partial charge in [-0.15, -0.1) is 0 Å². The van der Waals surface area contributed by atoms with E-state index in [-0.39, 0.29) is 18.4 Å². The van der Waals surface area contributed by atoms with Crippen molar-refractivity contribution in [1.29, 1.82) is 0 Å². The Balaban J connectivity index is 1.39. The summed E-state index contributed by atoms with van der Waals surface area (Å²) in [7, 11) is 1.65. The molecular formula is C26H29N3O3. The lowest BCUT2D eigenvalue weighted by Gasteiger charge is -2.32. The van der Waals surface area contributed by atoms with Crippen LogP contribution < -0.4 is 4.74 Å². The van der Waals surface area contributed by atoms with Gasteiger partial charge in [0.25, 0.3) is 0 Å². The first-order valence-electron chi connectivity index (χ1n) is 11.1. The van der Waals surface area contributed by atoms with Gasteiger partial charge in [0.05, 0.1) is 31.3 Å². The normalized spacial score (nSPS) is 16.1. The lowest BCUT2D eigenvalue weighted by Crippen LogP contribution is -2.39. The molecule has 1 saturated heterocycles. The summed E-state index contributed by atoms with van der Waals surface area (Å²) in [5.41, 5.74) is 4.73. The zero-order chi connectivity index (χ0) is 22.3. The first-order chi connectivity index (χ1) is 15.7. The number of benzene rings is 2. The number of carbonyl (C=O) groups is 1. The van der Waals surface area contributed by atoms with E-state index >= 15 is 0 Å². The maximum absolute atomic E-state index is 12.9. The van der Waals surface area contributed by atoms with Crippen molar-refractivity contribution in [1.82, 2.24) is 14.9 Å². The molecule has 6 nitrogen and oxygen atoms in total. The Morgan fingerprint density at radius 1 is 1.09 bits per heavy atom. The number of ether oxygens (including phenoxy) is 1. The van der Waals surface area contributed by atoms with Crippen molar-refractivity contribution in [3.63, 3.8) is 0 Å². The average Bonchev–Trinajstić information content (AvgIpc) is 2.87. The van der Waals surface area contributed by atoms with Crippen molar-refractivity contribution in [2.45, 2.75) is 38.2 Å². The van der Waals surface area contributed by atoms with Gasteiger partial charge >= 0.3 is 0 Å². The van der Waals surface area contributed by atoms with Crippen LogP contribution in [0.25, 0.3) is 11.3 Å². The van der Waals surface area contributed by atoms with Gasteiger partial charge in [0.1, 0.15) is 5.75 Å². The topological polar surface area (TPSA) is 75.5 Å². The number of amides is 1. The maximum Gasteiger partial charge on any atom is 0.222 e. The number of piperidine rings is 1. The zero-order valence-corrected chi connectivity index (χ0v) is 18.4. The second-order valence-corrected chi connectivity index (χ2v) is 8.21. The van der Waals surface area contributed by atoms with Crippen LogP contribution in [0.3, 0.4) is 0 Å². The number of hydrogen-bond donors (Lipinski definition) is 1. The molecule has 1 fully saturated rings. The Kier molecular flexibility index (Phi) is 7.12. The van der Waals surface area contributed by atoms with Gasteiger partial charge < -0.3 is 14.7 Å². The molecule has 0 unspecified atom stereocenters. The minimum absolute atomic E-state index is 0.0242. The number of nitrogens with zero attached hydrogens (tertiary/aromatic N) is 3. The lowest BCUT2D eigenvalue weighted by molar-refractivity contribution is -0.132. The summed E-state index contributed by atoms with van der Waals surface area (Å²) in [4.78, 5) is 24.1. The van der Waals surface area contributed by atoms with Gasteiger partial charge in [0.15, 0.2) is 0 Å². The highest BCUT2D eigenvalue weighted by Crippen LogP contribution is 2.27. The van der Waals surface area contributed by atoms with Crippen LogP contribution in [0.1, 0.15) is 42.0 Å². The second kappa shape index (κ2) is 10.4. The van der Waals surface area contributed by atoms with Crippen molar-refractivity contribution in [3.05, 3.63) is 77.7 Å². The number of aliphatic hydroxyl groups excluding tert-OH is 1. The molecule has 1 amide bonds. The Morgan fingerprint density at radius 2 is 1.84 bits per heavy atom. The van der Waals surface area contributed by atoms with Crippen LogP contribution in [0.15, 0.2) is 60.9 Å². The van der Waals surface area contributed by atoms with Gasteiger partial charge in [-0.25, -0.2) is 4.98 Å². The number of hydrogen-bond acceptors (Lipinski definition) is 5. The first-order valence-corrected chi connectivity index (χ1v) is 11.1. The van der Waals surface area contributed by atoms with E-state index in [2.05, 4.69) is 4.98 Å². The van der Waals surface area contributed by atoms with E-state index in [1.54, 1.807) is 13.3 Å². The highest BCUT2D eigenvalue weighted by Gasteiger charge is 2.26. The SMILES string of the molecule is COc1ccc(CCC(=O)N2CCC[C@H](c3cncc(-c4ccc(CO)cc4)n3)C2)cc1. The number of rotatable bonds is 7. The standard InChI is InChI=1S/C26H29N3O3/c1-32-23-11-6-19(7-12-23)8-13-26(31)29-14-2-3-22(17-29)25-16-27-15-24(28-25)21-9-4-20(18-30)5-10-21/h4-7,9-12,15-16,22,30H,2-3,8,13-14,17-18H2,1H3/t22-/m0/s1. The number of aliphatic hydroxyl groups is 1. The highest BCUT2D eigenvalue weighted by atomic mass is 16.5. The molecule has 0 spiro atoms. The molecular weight excluding hydrogens is 402 g/mol. The Labute approximate surface area is 188 Å². The molecule has 2 heterocycles. The van der Waals surface area contributed by atoms with E-state index in [0.29, 0.717) is 13.0 Å². The van der Waals surface area contributed by atoms with E-state index in [4.69, 9.17) is 9.72 Å². The van der Waals surface area contributed by atoms with Crippen molar-refractivity contribution in [2.75, 3.05) is 20.2 Å². The largest absolute Gasteiger partial charge is 0.497 e. The van der Waals surface area contributed by atoms with Crippen molar-refractivity contribution >= 4 is 5.91 Å². The van der Waals surface area contributed by atoms with Crippen LogP contribution in [0.5, 0.6) is 5.75 Å². The molecule has 166 valence electrons. The van der Waals surface area contributed by atoms with Crippen LogP contribution >= 0.6 is 0 Å². The van der Waals surface area contributed by atoms with E-state index in [1.165, 1.54) is 0 Å². The minimum Gasteiger partial charge on any atom is -0.497 e. The molecule has 2 aromatic carbocycles. The number of carbonyl (C=O) groups excluding carboxylic acids is 1. The third kappa shape index (κ3) is 5.32. The fraction of sp³-hybridized carbons (Fsp3) is 0.346. The van der Waals surface area contributed by atoms with E-state index in [0.717, 1.165) is 59.6 Å². The summed E-state index contributed by atoms with van der Waals surface area (Å²) in [5.74, 6) is 1.21. The summed E-state index contributed by atoms with van der Waals surface area (Å²) < 4.78 is 5.19. The van der Waals surface area contributed by atoms with Crippen LogP contribution in [0, 0.1) is 0 Å². The predicted molar refractivity (Wildman–Crippen MR) is 123 cm³/mol. The van der Waals surface area contributed by atoms with Gasteiger partial charge in [-0.2, -0.15) is 0 Å². The lowest BCUT2D eigenvalue weighted by atomic mass is 9.94. The number of aromatic nitrogens is 2. The predicted octanol–water partition coefficient (Wildman–Crippen LogP) is 3.98. The average molecular weight is 432 g/mol. The molecule has 1 aliphatic heterocycles. The Hall–Kier alpha value is -3.25. The molecule has 1 aromatic heterocycles. The molecule has 0 saturated carbocycles. The van der Waals surface area contributed by atoms with Crippen LogP contribution in [-0.4, -0.2) is 46.1 Å². The van der Waals surface area contributed by atoms with Gasteiger partial charge in [0, 0.05) is 37.2 Å².